The Labute approximate surface area is 131 Å². The zero-order valence-corrected chi connectivity index (χ0v) is 12.5. The van der Waals surface area contributed by atoms with Crippen LogP contribution in [-0.2, 0) is 12.8 Å². The smallest absolute Gasteiger partial charge is 0.0390 e. The third-order valence-corrected chi connectivity index (χ3v) is 4.51. The van der Waals surface area contributed by atoms with Crippen LogP contribution in [0, 0.1) is 0 Å². The SMILES string of the molecule is N[C@H]1CCc2cc(Nc3ccc4ccccc4c3)ccc2C1. The first kappa shape index (κ1) is 13.4. The fourth-order valence-electron chi connectivity index (χ4n) is 3.29. The minimum Gasteiger partial charge on any atom is -0.356 e. The number of hydrogen-bond acceptors (Lipinski definition) is 2. The first-order valence-electron chi connectivity index (χ1n) is 7.91. The zero-order chi connectivity index (χ0) is 14.9. The number of aryl methyl sites for hydroxylation is 1. The summed E-state index contributed by atoms with van der Waals surface area (Å²) in [5, 5.41) is 6.06. The van der Waals surface area contributed by atoms with Crippen molar-refractivity contribution in [2.45, 2.75) is 25.3 Å². The summed E-state index contributed by atoms with van der Waals surface area (Å²) in [5.41, 5.74) is 11.2. The highest BCUT2D eigenvalue weighted by Gasteiger charge is 2.15. The number of hydrogen-bond donors (Lipinski definition) is 2. The Morgan fingerprint density at radius 3 is 2.50 bits per heavy atom. The monoisotopic (exact) mass is 288 g/mol. The van der Waals surface area contributed by atoms with Crippen LogP contribution in [0.15, 0.2) is 60.7 Å². The van der Waals surface area contributed by atoms with E-state index in [9.17, 15) is 0 Å². The fraction of sp³-hybridized carbons (Fsp3) is 0.200. The second-order valence-corrected chi connectivity index (χ2v) is 6.17. The van der Waals surface area contributed by atoms with E-state index in [1.54, 1.807) is 0 Å². The summed E-state index contributed by atoms with van der Waals surface area (Å²) in [6.45, 7) is 0. The molecule has 1 aliphatic carbocycles. The van der Waals surface area contributed by atoms with Gasteiger partial charge in [0.2, 0.25) is 0 Å². The summed E-state index contributed by atoms with van der Waals surface area (Å²) in [5.74, 6) is 0. The fourth-order valence-corrected chi connectivity index (χ4v) is 3.29. The van der Waals surface area contributed by atoms with E-state index in [4.69, 9.17) is 5.73 Å². The lowest BCUT2D eigenvalue weighted by atomic mass is 9.88. The van der Waals surface area contributed by atoms with Gasteiger partial charge < -0.3 is 11.1 Å². The molecule has 0 heterocycles. The molecule has 0 bridgehead atoms. The predicted molar refractivity (Wildman–Crippen MR) is 93.7 cm³/mol. The summed E-state index contributed by atoms with van der Waals surface area (Å²) in [7, 11) is 0. The molecule has 0 fully saturated rings. The van der Waals surface area contributed by atoms with Crippen LogP contribution >= 0.6 is 0 Å². The average Bonchev–Trinajstić information content (AvgIpc) is 2.55. The number of rotatable bonds is 2. The summed E-state index contributed by atoms with van der Waals surface area (Å²) >= 11 is 0. The van der Waals surface area contributed by atoms with Gasteiger partial charge in [0.25, 0.3) is 0 Å². The van der Waals surface area contributed by atoms with Gasteiger partial charge >= 0.3 is 0 Å². The molecule has 0 aromatic heterocycles. The maximum atomic E-state index is 6.05. The Balaban J connectivity index is 1.62. The molecule has 0 amide bonds. The third kappa shape index (κ3) is 2.58. The van der Waals surface area contributed by atoms with Crippen LogP contribution in [0.4, 0.5) is 11.4 Å². The Hall–Kier alpha value is -2.32. The Morgan fingerprint density at radius 2 is 1.59 bits per heavy atom. The van der Waals surface area contributed by atoms with E-state index in [1.807, 2.05) is 0 Å². The molecule has 110 valence electrons. The molecule has 3 aromatic carbocycles. The van der Waals surface area contributed by atoms with E-state index in [0.717, 1.165) is 30.6 Å². The highest BCUT2D eigenvalue weighted by Crippen LogP contribution is 2.27. The van der Waals surface area contributed by atoms with Crippen molar-refractivity contribution in [2.75, 3.05) is 5.32 Å². The van der Waals surface area contributed by atoms with Crippen molar-refractivity contribution >= 4 is 22.1 Å². The second kappa shape index (κ2) is 5.47. The molecule has 22 heavy (non-hydrogen) atoms. The zero-order valence-electron chi connectivity index (χ0n) is 12.5. The van der Waals surface area contributed by atoms with E-state index in [2.05, 4.69) is 66.0 Å². The molecule has 0 unspecified atom stereocenters. The van der Waals surface area contributed by atoms with E-state index in [0.29, 0.717) is 6.04 Å². The molecule has 0 aliphatic heterocycles. The molecule has 1 aliphatic rings. The number of nitrogens with one attached hydrogen (secondary N) is 1. The minimum atomic E-state index is 0.326. The van der Waals surface area contributed by atoms with Crippen LogP contribution in [0.25, 0.3) is 10.8 Å². The number of fused-ring (bicyclic) bond motifs is 2. The van der Waals surface area contributed by atoms with Gasteiger partial charge in [0.15, 0.2) is 0 Å². The van der Waals surface area contributed by atoms with Gasteiger partial charge in [0.1, 0.15) is 0 Å². The molecule has 4 rings (SSSR count). The lowest BCUT2D eigenvalue weighted by Gasteiger charge is -2.22. The van der Waals surface area contributed by atoms with Gasteiger partial charge in [0.05, 0.1) is 0 Å². The summed E-state index contributed by atoms with van der Waals surface area (Å²) in [4.78, 5) is 0. The maximum absolute atomic E-state index is 6.05. The number of anilines is 2. The molecule has 2 heteroatoms. The predicted octanol–water partition coefficient (Wildman–Crippen LogP) is 4.40. The number of nitrogens with two attached hydrogens (primary N) is 1. The second-order valence-electron chi connectivity index (χ2n) is 6.17. The Morgan fingerprint density at radius 1 is 0.818 bits per heavy atom. The molecular weight excluding hydrogens is 268 g/mol. The Bertz CT molecular complexity index is 823. The lowest BCUT2D eigenvalue weighted by Crippen LogP contribution is -2.27. The van der Waals surface area contributed by atoms with E-state index in [1.165, 1.54) is 21.9 Å². The quantitative estimate of drug-likeness (QED) is 0.733. The van der Waals surface area contributed by atoms with Gasteiger partial charge in [-0.1, -0.05) is 36.4 Å². The summed E-state index contributed by atoms with van der Waals surface area (Å²) in [6.07, 6.45) is 3.18. The van der Waals surface area contributed by atoms with E-state index in [-0.39, 0.29) is 0 Å². The van der Waals surface area contributed by atoms with Gasteiger partial charge in [-0.3, -0.25) is 0 Å². The van der Waals surface area contributed by atoms with Crippen molar-refractivity contribution < 1.29 is 0 Å². The average molecular weight is 288 g/mol. The van der Waals surface area contributed by atoms with Crippen LogP contribution in [0.2, 0.25) is 0 Å². The third-order valence-electron chi connectivity index (χ3n) is 4.51. The van der Waals surface area contributed by atoms with Gasteiger partial charge in [-0.05, 0) is 65.4 Å². The van der Waals surface area contributed by atoms with E-state index < -0.39 is 0 Å². The van der Waals surface area contributed by atoms with Crippen LogP contribution in [-0.4, -0.2) is 6.04 Å². The maximum Gasteiger partial charge on any atom is 0.0390 e. The summed E-state index contributed by atoms with van der Waals surface area (Å²) < 4.78 is 0. The standard InChI is InChI=1S/C20H20N2/c21-18-8-5-17-13-20(10-7-16(17)11-18)22-19-9-6-14-3-1-2-4-15(14)12-19/h1-4,6-7,9-10,12-13,18,22H,5,8,11,21H2/t18-/m0/s1. The van der Waals surface area contributed by atoms with Crippen molar-refractivity contribution in [3.63, 3.8) is 0 Å². The molecular formula is C20H20N2. The van der Waals surface area contributed by atoms with Crippen molar-refractivity contribution in [1.29, 1.82) is 0 Å². The Kier molecular flexibility index (Phi) is 3.32. The molecule has 1 atom stereocenters. The topological polar surface area (TPSA) is 38.0 Å². The van der Waals surface area contributed by atoms with Crippen LogP contribution in [0.3, 0.4) is 0 Å². The largest absolute Gasteiger partial charge is 0.356 e. The van der Waals surface area contributed by atoms with Crippen molar-refractivity contribution in [2.24, 2.45) is 5.73 Å². The molecule has 0 saturated heterocycles. The van der Waals surface area contributed by atoms with Crippen molar-refractivity contribution in [1.82, 2.24) is 0 Å². The lowest BCUT2D eigenvalue weighted by molar-refractivity contribution is 0.577. The van der Waals surface area contributed by atoms with Crippen molar-refractivity contribution in [3.05, 3.63) is 71.8 Å². The minimum absolute atomic E-state index is 0.326. The molecule has 0 radical (unpaired) electrons. The van der Waals surface area contributed by atoms with Gasteiger partial charge in [-0.15, -0.1) is 0 Å². The molecule has 0 saturated carbocycles. The van der Waals surface area contributed by atoms with Gasteiger partial charge in [-0.2, -0.15) is 0 Å². The van der Waals surface area contributed by atoms with Gasteiger partial charge in [0, 0.05) is 17.4 Å². The summed E-state index contributed by atoms with van der Waals surface area (Å²) in [6, 6.07) is 21.9. The highest BCUT2D eigenvalue weighted by molar-refractivity contribution is 5.86. The van der Waals surface area contributed by atoms with Gasteiger partial charge in [-0.25, -0.2) is 0 Å². The van der Waals surface area contributed by atoms with Crippen molar-refractivity contribution in [3.8, 4) is 0 Å². The first-order chi connectivity index (χ1) is 10.8. The number of benzene rings is 3. The normalized spacial score (nSPS) is 17.2. The molecule has 0 spiro atoms. The first-order valence-corrected chi connectivity index (χ1v) is 7.91. The van der Waals surface area contributed by atoms with Crippen LogP contribution < -0.4 is 11.1 Å². The van der Waals surface area contributed by atoms with Crippen LogP contribution in [0.1, 0.15) is 17.5 Å². The van der Waals surface area contributed by atoms with E-state index >= 15 is 0 Å². The highest BCUT2D eigenvalue weighted by atomic mass is 14.9. The molecule has 3 aromatic rings. The van der Waals surface area contributed by atoms with Crippen LogP contribution in [0.5, 0.6) is 0 Å². The molecule has 2 nitrogen and oxygen atoms in total. The molecule has 3 N–H and O–H groups in total.